The lowest BCUT2D eigenvalue weighted by Gasteiger charge is -2.08. The van der Waals surface area contributed by atoms with Gasteiger partial charge in [-0.3, -0.25) is 4.79 Å². The zero-order chi connectivity index (χ0) is 15.4. The summed E-state index contributed by atoms with van der Waals surface area (Å²) in [6.07, 6.45) is 1.66. The molecular weight excluding hydrogens is 268 g/mol. The van der Waals surface area contributed by atoms with E-state index in [0.29, 0.717) is 5.69 Å². The number of benzene rings is 1. The first-order chi connectivity index (χ1) is 10.0. The monoisotopic (exact) mass is 286 g/mol. The van der Waals surface area contributed by atoms with Gasteiger partial charge in [0.25, 0.3) is 5.91 Å². The van der Waals surface area contributed by atoms with Crippen molar-refractivity contribution in [3.63, 3.8) is 0 Å². The number of amides is 1. The Labute approximate surface area is 123 Å². The summed E-state index contributed by atoms with van der Waals surface area (Å²) in [6, 6.07) is 9.33. The van der Waals surface area contributed by atoms with E-state index < -0.39 is 5.97 Å². The molecule has 0 spiro atoms. The average Bonchev–Trinajstić information content (AvgIpc) is 2.89. The first-order valence-corrected chi connectivity index (χ1v) is 6.70. The van der Waals surface area contributed by atoms with Crippen LogP contribution >= 0.6 is 0 Å². The van der Waals surface area contributed by atoms with E-state index in [-0.39, 0.29) is 17.5 Å². The molecule has 110 valence electrons. The molecule has 1 aromatic carbocycles. The third-order valence-electron chi connectivity index (χ3n) is 2.93. The van der Waals surface area contributed by atoms with E-state index in [9.17, 15) is 9.59 Å². The van der Waals surface area contributed by atoms with Gasteiger partial charge in [0, 0.05) is 10.9 Å². The van der Waals surface area contributed by atoms with Crippen LogP contribution in [-0.2, 0) is 9.53 Å². The summed E-state index contributed by atoms with van der Waals surface area (Å²) in [5, 5.41) is 3.53. The number of carbonyl (C=O) groups excluding carboxylic acids is 2. The van der Waals surface area contributed by atoms with Crippen LogP contribution in [0.3, 0.4) is 0 Å². The average molecular weight is 286 g/mol. The van der Waals surface area contributed by atoms with E-state index >= 15 is 0 Å². The summed E-state index contributed by atoms with van der Waals surface area (Å²) in [6.45, 7) is 3.83. The normalized spacial score (nSPS) is 11.7. The summed E-state index contributed by atoms with van der Waals surface area (Å²) >= 11 is 0. The summed E-state index contributed by atoms with van der Waals surface area (Å²) in [5.41, 5.74) is 1.42. The highest BCUT2D eigenvalue weighted by Gasteiger charge is 2.16. The van der Waals surface area contributed by atoms with Crippen molar-refractivity contribution in [3.05, 3.63) is 47.8 Å². The van der Waals surface area contributed by atoms with Gasteiger partial charge in [0.05, 0.1) is 7.11 Å². The van der Waals surface area contributed by atoms with Gasteiger partial charge in [-0.2, -0.15) is 0 Å². The fraction of sp³-hybridized carbons (Fsp3) is 0.250. The molecule has 0 atom stereocenters. The molecule has 0 radical (unpaired) electrons. The highest BCUT2D eigenvalue weighted by molar-refractivity contribution is 6.02. The molecule has 5 nitrogen and oxygen atoms in total. The number of hydrogen-bond donors (Lipinski definition) is 2. The lowest BCUT2D eigenvalue weighted by molar-refractivity contribution is -0.136. The van der Waals surface area contributed by atoms with Crippen LogP contribution in [0.15, 0.2) is 42.1 Å². The van der Waals surface area contributed by atoms with E-state index in [2.05, 4.69) is 15.0 Å². The minimum absolute atomic E-state index is 0.113. The third-order valence-corrected chi connectivity index (χ3v) is 2.93. The number of fused-ring (bicyclic) bond motifs is 1. The molecule has 0 aliphatic rings. The number of rotatable bonds is 4. The van der Waals surface area contributed by atoms with Gasteiger partial charge < -0.3 is 15.0 Å². The second-order valence-corrected chi connectivity index (χ2v) is 5.04. The maximum Gasteiger partial charge on any atom is 0.354 e. The van der Waals surface area contributed by atoms with Crippen molar-refractivity contribution in [2.24, 2.45) is 5.92 Å². The Balaban J connectivity index is 2.24. The number of hydrogen-bond acceptors (Lipinski definition) is 3. The molecule has 0 aliphatic carbocycles. The minimum atomic E-state index is -0.562. The van der Waals surface area contributed by atoms with Gasteiger partial charge in [-0.05, 0) is 18.1 Å². The number of nitrogens with one attached hydrogen (secondary N) is 2. The fourth-order valence-electron chi connectivity index (χ4n) is 1.99. The molecular formula is C16H18N2O3. The number of methoxy groups -OCH3 is 1. The molecule has 2 aromatic rings. The molecule has 1 heterocycles. The predicted molar refractivity (Wildman–Crippen MR) is 80.7 cm³/mol. The van der Waals surface area contributed by atoms with Crippen LogP contribution in [-0.4, -0.2) is 24.0 Å². The lowest BCUT2D eigenvalue weighted by atomic mass is 10.2. The molecule has 5 heteroatoms. The lowest BCUT2D eigenvalue weighted by Crippen LogP contribution is -2.28. The minimum Gasteiger partial charge on any atom is -0.464 e. The quantitative estimate of drug-likeness (QED) is 0.670. The molecule has 0 fully saturated rings. The Hall–Kier alpha value is -2.56. The van der Waals surface area contributed by atoms with Crippen molar-refractivity contribution in [2.75, 3.05) is 7.11 Å². The number of para-hydroxylation sites is 1. The molecule has 0 bridgehead atoms. The van der Waals surface area contributed by atoms with Crippen LogP contribution in [0.25, 0.3) is 10.9 Å². The fourth-order valence-corrected chi connectivity index (χ4v) is 1.99. The van der Waals surface area contributed by atoms with Crippen molar-refractivity contribution in [3.8, 4) is 0 Å². The molecule has 2 N–H and O–H groups in total. The zero-order valence-corrected chi connectivity index (χ0v) is 12.3. The van der Waals surface area contributed by atoms with Crippen LogP contribution in [0.5, 0.6) is 0 Å². The highest BCUT2D eigenvalue weighted by Crippen LogP contribution is 2.15. The topological polar surface area (TPSA) is 71.2 Å². The molecule has 1 aromatic heterocycles. The second-order valence-electron chi connectivity index (χ2n) is 5.04. The van der Waals surface area contributed by atoms with Gasteiger partial charge in [0.2, 0.25) is 0 Å². The first kappa shape index (κ1) is 14.8. The van der Waals surface area contributed by atoms with E-state index in [1.54, 1.807) is 12.1 Å². The first-order valence-electron chi connectivity index (χ1n) is 6.70. The van der Waals surface area contributed by atoms with Crippen LogP contribution in [0.1, 0.15) is 24.3 Å². The molecule has 0 aliphatic heterocycles. The maximum atomic E-state index is 12.2. The summed E-state index contributed by atoms with van der Waals surface area (Å²) in [7, 11) is 1.28. The van der Waals surface area contributed by atoms with Gasteiger partial charge in [-0.25, -0.2) is 4.79 Å². The van der Waals surface area contributed by atoms with Gasteiger partial charge in [-0.1, -0.05) is 38.1 Å². The predicted octanol–water partition coefficient (Wildman–Crippen LogP) is 2.61. The number of aromatic nitrogens is 1. The number of aromatic amines is 1. The molecule has 0 saturated heterocycles. The smallest absolute Gasteiger partial charge is 0.354 e. The Morgan fingerprint density at radius 3 is 2.62 bits per heavy atom. The van der Waals surface area contributed by atoms with Crippen LogP contribution < -0.4 is 5.32 Å². The van der Waals surface area contributed by atoms with Gasteiger partial charge in [0.1, 0.15) is 11.4 Å². The number of carbonyl (C=O) groups is 2. The highest BCUT2D eigenvalue weighted by atomic mass is 16.5. The van der Waals surface area contributed by atoms with E-state index in [0.717, 1.165) is 10.9 Å². The Bertz CT molecular complexity index is 665. The number of ether oxygens (including phenoxy) is 1. The van der Waals surface area contributed by atoms with Crippen molar-refractivity contribution in [1.82, 2.24) is 10.3 Å². The van der Waals surface area contributed by atoms with Crippen molar-refractivity contribution in [2.45, 2.75) is 13.8 Å². The SMILES string of the molecule is COC(=O)/C(=C\C(C)C)NC(=O)c1cc2ccccc2[nH]1. The van der Waals surface area contributed by atoms with Crippen LogP contribution in [0.4, 0.5) is 0 Å². The zero-order valence-electron chi connectivity index (χ0n) is 12.3. The standard InChI is InChI=1S/C16H18N2O3/c1-10(2)8-14(16(20)21-3)18-15(19)13-9-11-6-4-5-7-12(11)17-13/h4-10,17H,1-3H3,(H,18,19)/b14-8+. The summed E-state index contributed by atoms with van der Waals surface area (Å²) in [4.78, 5) is 26.9. The third kappa shape index (κ3) is 3.51. The summed E-state index contributed by atoms with van der Waals surface area (Å²) in [5.74, 6) is -0.821. The number of allylic oxidation sites excluding steroid dienone is 1. The maximum absolute atomic E-state index is 12.2. The Kier molecular flexibility index (Phi) is 4.42. The second kappa shape index (κ2) is 6.26. The Morgan fingerprint density at radius 2 is 2.00 bits per heavy atom. The van der Waals surface area contributed by atoms with E-state index in [4.69, 9.17) is 0 Å². The molecule has 1 amide bonds. The number of H-pyrrole nitrogens is 1. The van der Waals surface area contributed by atoms with Crippen molar-refractivity contribution >= 4 is 22.8 Å². The van der Waals surface area contributed by atoms with Crippen molar-refractivity contribution in [1.29, 1.82) is 0 Å². The van der Waals surface area contributed by atoms with Crippen LogP contribution in [0, 0.1) is 5.92 Å². The molecule has 21 heavy (non-hydrogen) atoms. The van der Waals surface area contributed by atoms with Gasteiger partial charge in [0.15, 0.2) is 0 Å². The largest absolute Gasteiger partial charge is 0.464 e. The number of esters is 1. The molecule has 2 rings (SSSR count). The van der Waals surface area contributed by atoms with Gasteiger partial charge in [-0.15, -0.1) is 0 Å². The van der Waals surface area contributed by atoms with E-state index in [1.165, 1.54) is 7.11 Å². The van der Waals surface area contributed by atoms with E-state index in [1.807, 2.05) is 38.1 Å². The molecule has 0 unspecified atom stereocenters. The Morgan fingerprint density at radius 1 is 1.29 bits per heavy atom. The summed E-state index contributed by atoms with van der Waals surface area (Å²) < 4.78 is 4.68. The van der Waals surface area contributed by atoms with Gasteiger partial charge >= 0.3 is 5.97 Å². The van der Waals surface area contributed by atoms with Crippen LogP contribution in [0.2, 0.25) is 0 Å². The van der Waals surface area contributed by atoms with Crippen molar-refractivity contribution < 1.29 is 14.3 Å². The molecule has 0 saturated carbocycles.